The number of fused-ring (bicyclic) bond motifs is 3. The second-order valence-electron chi connectivity index (χ2n) is 9.59. The van der Waals surface area contributed by atoms with Crippen molar-refractivity contribution in [3.05, 3.63) is 89.5 Å². The summed E-state index contributed by atoms with van der Waals surface area (Å²) in [6.45, 7) is 4.04. The van der Waals surface area contributed by atoms with Crippen molar-refractivity contribution in [2.45, 2.75) is 32.4 Å². The zero-order valence-electron chi connectivity index (χ0n) is 21.8. The van der Waals surface area contributed by atoms with Gasteiger partial charge in [0, 0.05) is 18.7 Å². The fraction of sp³-hybridized carbons (Fsp3) is 0.300. The number of amides is 3. The van der Waals surface area contributed by atoms with E-state index < -0.39 is 18.0 Å². The molecule has 0 aliphatic heterocycles. The minimum absolute atomic E-state index is 0.0771. The normalized spacial score (nSPS) is 12.8. The van der Waals surface area contributed by atoms with Gasteiger partial charge in [-0.1, -0.05) is 74.5 Å². The van der Waals surface area contributed by atoms with E-state index in [1.807, 2.05) is 62.4 Å². The molecule has 8 nitrogen and oxygen atoms in total. The summed E-state index contributed by atoms with van der Waals surface area (Å²) >= 11 is 0. The molecule has 1 aliphatic carbocycles. The Labute approximate surface area is 222 Å². The van der Waals surface area contributed by atoms with E-state index in [-0.39, 0.29) is 30.9 Å². The van der Waals surface area contributed by atoms with Crippen molar-refractivity contribution in [2.24, 2.45) is 5.92 Å². The van der Waals surface area contributed by atoms with Gasteiger partial charge in [-0.05, 0) is 45.9 Å². The molecular formula is C30H33N3O5. The van der Waals surface area contributed by atoms with Gasteiger partial charge in [0.25, 0.3) is 0 Å². The molecule has 3 amide bonds. The zero-order valence-corrected chi connectivity index (χ0v) is 21.8. The first-order chi connectivity index (χ1) is 18.4. The van der Waals surface area contributed by atoms with Crippen LogP contribution in [0.3, 0.4) is 0 Å². The number of hydrogen-bond acceptors (Lipinski definition) is 5. The van der Waals surface area contributed by atoms with Gasteiger partial charge in [-0.3, -0.25) is 9.59 Å². The van der Waals surface area contributed by atoms with Gasteiger partial charge in [0.1, 0.15) is 12.6 Å². The van der Waals surface area contributed by atoms with Crippen molar-refractivity contribution >= 4 is 23.6 Å². The highest BCUT2D eigenvalue weighted by Gasteiger charge is 2.30. The maximum absolute atomic E-state index is 12.8. The highest BCUT2D eigenvalue weighted by molar-refractivity contribution is 5.95. The Morgan fingerprint density at radius 2 is 1.47 bits per heavy atom. The Balaban J connectivity index is 1.29. The summed E-state index contributed by atoms with van der Waals surface area (Å²) < 4.78 is 10.7. The van der Waals surface area contributed by atoms with Crippen LogP contribution in [-0.4, -0.2) is 44.2 Å². The minimum atomic E-state index is -0.855. The fourth-order valence-corrected chi connectivity index (χ4v) is 4.64. The first-order valence-corrected chi connectivity index (χ1v) is 12.6. The van der Waals surface area contributed by atoms with Crippen LogP contribution in [0.1, 0.15) is 36.5 Å². The van der Waals surface area contributed by atoms with Gasteiger partial charge in [-0.25, -0.2) is 4.79 Å². The van der Waals surface area contributed by atoms with Crippen LogP contribution >= 0.6 is 0 Å². The van der Waals surface area contributed by atoms with Gasteiger partial charge < -0.3 is 25.4 Å². The number of rotatable bonds is 10. The molecule has 0 saturated heterocycles. The van der Waals surface area contributed by atoms with E-state index in [9.17, 15) is 14.4 Å². The average Bonchev–Trinajstić information content (AvgIpc) is 3.24. The molecule has 1 atom stereocenters. The van der Waals surface area contributed by atoms with Crippen LogP contribution in [0.25, 0.3) is 11.1 Å². The maximum Gasteiger partial charge on any atom is 0.407 e. The second-order valence-corrected chi connectivity index (χ2v) is 9.59. The summed E-state index contributed by atoms with van der Waals surface area (Å²) in [5.41, 5.74) is 6.10. The molecule has 38 heavy (non-hydrogen) atoms. The molecular weight excluding hydrogens is 482 g/mol. The highest BCUT2D eigenvalue weighted by atomic mass is 16.5. The Kier molecular flexibility index (Phi) is 8.76. The molecule has 198 valence electrons. The van der Waals surface area contributed by atoms with Gasteiger partial charge in [-0.2, -0.15) is 0 Å². The summed E-state index contributed by atoms with van der Waals surface area (Å²) in [5.74, 6) is -1.13. The predicted molar refractivity (Wildman–Crippen MR) is 146 cm³/mol. The molecule has 0 fully saturated rings. The standard InChI is InChI=1S/C30H33N3O5/c1-19(2)28(29(35)31-16-27(34)32-21-14-12-20(13-15-21)17-37-3)33-30(36)38-18-26-24-10-6-4-8-22(24)23-9-5-7-11-25(23)26/h4-15,19,26,28H,16-18H2,1-3H3,(H,31,35)(H,32,34)(H,33,36). The number of carbonyl (C=O) groups is 3. The number of anilines is 1. The van der Waals surface area contributed by atoms with Gasteiger partial charge >= 0.3 is 6.09 Å². The molecule has 0 aromatic heterocycles. The van der Waals surface area contributed by atoms with Crippen LogP contribution in [0.4, 0.5) is 10.5 Å². The fourth-order valence-electron chi connectivity index (χ4n) is 4.64. The summed E-state index contributed by atoms with van der Waals surface area (Å²) in [6.07, 6.45) is -0.679. The topological polar surface area (TPSA) is 106 Å². The summed E-state index contributed by atoms with van der Waals surface area (Å²) in [5, 5.41) is 8.00. The van der Waals surface area contributed by atoms with Crippen LogP contribution in [0, 0.1) is 5.92 Å². The average molecular weight is 516 g/mol. The Morgan fingerprint density at radius 1 is 0.868 bits per heavy atom. The van der Waals surface area contributed by atoms with E-state index in [1.54, 1.807) is 19.2 Å². The Hall–Kier alpha value is -4.17. The number of alkyl carbamates (subject to hydrolysis) is 1. The third kappa shape index (κ3) is 6.39. The smallest absolute Gasteiger partial charge is 0.407 e. The number of ether oxygens (including phenoxy) is 2. The number of hydrogen-bond donors (Lipinski definition) is 3. The van der Waals surface area contributed by atoms with Crippen molar-refractivity contribution in [3.8, 4) is 11.1 Å². The van der Waals surface area contributed by atoms with E-state index in [0.29, 0.717) is 12.3 Å². The summed E-state index contributed by atoms with van der Waals surface area (Å²) in [7, 11) is 1.62. The van der Waals surface area contributed by atoms with Crippen molar-refractivity contribution in [1.29, 1.82) is 0 Å². The van der Waals surface area contributed by atoms with E-state index in [4.69, 9.17) is 9.47 Å². The van der Waals surface area contributed by atoms with Crippen LogP contribution in [0.15, 0.2) is 72.8 Å². The molecule has 0 radical (unpaired) electrons. The number of methoxy groups -OCH3 is 1. The lowest BCUT2D eigenvalue weighted by atomic mass is 9.98. The lowest BCUT2D eigenvalue weighted by Crippen LogP contribution is -2.51. The molecule has 0 bridgehead atoms. The summed E-state index contributed by atoms with van der Waals surface area (Å²) in [4.78, 5) is 37.8. The lowest BCUT2D eigenvalue weighted by molar-refractivity contribution is -0.126. The van der Waals surface area contributed by atoms with Crippen LogP contribution in [0.5, 0.6) is 0 Å². The molecule has 0 saturated carbocycles. The molecule has 0 spiro atoms. The quantitative estimate of drug-likeness (QED) is 0.370. The number of nitrogens with one attached hydrogen (secondary N) is 3. The molecule has 1 aliphatic rings. The van der Waals surface area contributed by atoms with Gasteiger partial charge in [0.05, 0.1) is 13.2 Å². The maximum atomic E-state index is 12.8. The first-order valence-electron chi connectivity index (χ1n) is 12.6. The molecule has 3 N–H and O–H groups in total. The molecule has 0 heterocycles. The first kappa shape index (κ1) is 26.9. The van der Waals surface area contributed by atoms with E-state index in [0.717, 1.165) is 27.8 Å². The van der Waals surface area contributed by atoms with Crippen LogP contribution in [0.2, 0.25) is 0 Å². The number of benzene rings is 3. The van der Waals surface area contributed by atoms with Gasteiger partial charge in [-0.15, -0.1) is 0 Å². The summed E-state index contributed by atoms with van der Waals surface area (Å²) in [6, 6.07) is 22.6. The van der Waals surface area contributed by atoms with E-state index >= 15 is 0 Å². The van der Waals surface area contributed by atoms with Crippen molar-refractivity contribution in [3.63, 3.8) is 0 Å². The molecule has 8 heteroatoms. The van der Waals surface area contributed by atoms with E-state index in [2.05, 4.69) is 28.1 Å². The third-order valence-corrected chi connectivity index (χ3v) is 6.54. The highest BCUT2D eigenvalue weighted by Crippen LogP contribution is 2.44. The zero-order chi connectivity index (χ0) is 27.1. The third-order valence-electron chi connectivity index (χ3n) is 6.54. The SMILES string of the molecule is COCc1ccc(NC(=O)CNC(=O)C(NC(=O)OCC2c3ccccc3-c3ccccc32)C(C)C)cc1. The lowest BCUT2D eigenvalue weighted by Gasteiger charge is -2.22. The Morgan fingerprint density at radius 3 is 2.05 bits per heavy atom. The monoisotopic (exact) mass is 515 g/mol. The molecule has 3 aromatic carbocycles. The molecule has 1 unspecified atom stereocenters. The largest absolute Gasteiger partial charge is 0.449 e. The number of carbonyl (C=O) groups excluding carboxylic acids is 3. The van der Waals surface area contributed by atoms with Gasteiger partial charge in [0.15, 0.2) is 0 Å². The second kappa shape index (κ2) is 12.4. The van der Waals surface area contributed by atoms with Gasteiger partial charge in [0.2, 0.25) is 11.8 Å². The van der Waals surface area contributed by atoms with Crippen LogP contribution < -0.4 is 16.0 Å². The molecule has 3 aromatic rings. The van der Waals surface area contributed by atoms with Crippen LogP contribution in [-0.2, 0) is 25.7 Å². The van der Waals surface area contributed by atoms with Crippen molar-refractivity contribution < 1.29 is 23.9 Å². The molecule has 4 rings (SSSR count). The minimum Gasteiger partial charge on any atom is -0.449 e. The predicted octanol–water partition coefficient (Wildman–Crippen LogP) is 4.45. The van der Waals surface area contributed by atoms with Crippen molar-refractivity contribution in [2.75, 3.05) is 25.6 Å². The van der Waals surface area contributed by atoms with E-state index in [1.165, 1.54) is 0 Å². The Bertz CT molecular complexity index is 1240. The van der Waals surface area contributed by atoms with Crippen molar-refractivity contribution in [1.82, 2.24) is 10.6 Å².